The molecule has 0 aliphatic heterocycles. The lowest BCUT2D eigenvalue weighted by Crippen LogP contribution is -2.40. The van der Waals surface area contributed by atoms with Crippen molar-refractivity contribution in [2.24, 2.45) is 0 Å². The molecule has 0 radical (unpaired) electrons. The third kappa shape index (κ3) is 2.89. The van der Waals surface area contributed by atoms with E-state index < -0.39 is 5.54 Å². The van der Waals surface area contributed by atoms with Gasteiger partial charge in [0, 0.05) is 24.0 Å². The van der Waals surface area contributed by atoms with Gasteiger partial charge >= 0.3 is 0 Å². The second-order valence-electron chi connectivity index (χ2n) is 5.27. The standard InChI is InChI=1S/C16H20N4/c1-13(11-16(2,12-17)18-3)20-10-9-19-15(20)14-7-5-4-6-8-14/h4-10,13,18H,11H2,1-3H3. The Bertz CT molecular complexity index is 596. The highest BCUT2D eigenvalue weighted by Crippen LogP contribution is 2.26. The van der Waals surface area contributed by atoms with E-state index in [0.29, 0.717) is 0 Å². The van der Waals surface area contributed by atoms with Gasteiger partial charge in [0.05, 0.1) is 6.07 Å². The Balaban J connectivity index is 2.27. The maximum absolute atomic E-state index is 9.28. The highest BCUT2D eigenvalue weighted by molar-refractivity contribution is 5.55. The highest BCUT2D eigenvalue weighted by atomic mass is 15.1. The molecule has 2 unspecified atom stereocenters. The van der Waals surface area contributed by atoms with Gasteiger partial charge in [0.25, 0.3) is 0 Å². The fourth-order valence-electron chi connectivity index (χ4n) is 2.37. The summed E-state index contributed by atoms with van der Waals surface area (Å²) in [4.78, 5) is 4.45. The Hall–Kier alpha value is -2.12. The minimum absolute atomic E-state index is 0.185. The maximum atomic E-state index is 9.28. The Morgan fingerprint density at radius 2 is 2.10 bits per heavy atom. The van der Waals surface area contributed by atoms with Crippen molar-refractivity contribution < 1.29 is 0 Å². The van der Waals surface area contributed by atoms with E-state index in [1.165, 1.54) is 0 Å². The van der Waals surface area contributed by atoms with Crippen molar-refractivity contribution >= 4 is 0 Å². The van der Waals surface area contributed by atoms with Crippen molar-refractivity contribution in [1.29, 1.82) is 5.26 Å². The van der Waals surface area contributed by atoms with E-state index in [2.05, 4.69) is 27.9 Å². The summed E-state index contributed by atoms with van der Waals surface area (Å²) < 4.78 is 2.13. The lowest BCUT2D eigenvalue weighted by molar-refractivity contribution is 0.369. The number of hydrogen-bond donors (Lipinski definition) is 1. The molecule has 0 saturated heterocycles. The normalized spacial score (nSPS) is 15.3. The Labute approximate surface area is 120 Å². The van der Waals surface area contributed by atoms with Gasteiger partial charge in [0.1, 0.15) is 11.4 Å². The molecule has 0 amide bonds. The summed E-state index contributed by atoms with van der Waals surface area (Å²) in [5.74, 6) is 0.939. The number of rotatable bonds is 5. The van der Waals surface area contributed by atoms with Crippen LogP contribution in [-0.2, 0) is 0 Å². The average molecular weight is 268 g/mol. The fourth-order valence-corrected chi connectivity index (χ4v) is 2.37. The molecule has 1 aromatic carbocycles. The van der Waals surface area contributed by atoms with Crippen molar-refractivity contribution in [1.82, 2.24) is 14.9 Å². The lowest BCUT2D eigenvalue weighted by atomic mass is 9.95. The molecule has 0 aliphatic rings. The first-order chi connectivity index (χ1) is 9.59. The molecule has 0 fully saturated rings. The molecular formula is C16H20N4. The van der Waals surface area contributed by atoms with E-state index in [0.717, 1.165) is 17.8 Å². The summed E-state index contributed by atoms with van der Waals surface area (Å²) in [6, 6.07) is 12.6. The van der Waals surface area contributed by atoms with Crippen LogP contribution in [0.2, 0.25) is 0 Å². The van der Waals surface area contributed by atoms with E-state index in [1.54, 1.807) is 0 Å². The number of nitrogens with zero attached hydrogens (tertiary/aromatic N) is 3. The van der Waals surface area contributed by atoms with E-state index in [9.17, 15) is 5.26 Å². The number of imidazole rings is 1. The lowest BCUT2D eigenvalue weighted by Gasteiger charge is -2.26. The fraction of sp³-hybridized carbons (Fsp3) is 0.375. The topological polar surface area (TPSA) is 53.6 Å². The van der Waals surface area contributed by atoms with Gasteiger partial charge in [-0.05, 0) is 27.3 Å². The van der Waals surface area contributed by atoms with Crippen LogP contribution < -0.4 is 5.32 Å². The number of nitriles is 1. The zero-order valence-corrected chi connectivity index (χ0v) is 12.2. The predicted molar refractivity (Wildman–Crippen MR) is 80.1 cm³/mol. The smallest absolute Gasteiger partial charge is 0.140 e. The second kappa shape index (κ2) is 5.89. The first kappa shape index (κ1) is 14.3. The first-order valence-corrected chi connectivity index (χ1v) is 6.78. The van der Waals surface area contributed by atoms with Crippen LogP contribution in [-0.4, -0.2) is 22.1 Å². The van der Waals surface area contributed by atoms with Gasteiger partial charge < -0.3 is 9.88 Å². The predicted octanol–water partition coefficient (Wildman–Crippen LogP) is 3.00. The van der Waals surface area contributed by atoms with Gasteiger partial charge in [0.2, 0.25) is 0 Å². The molecule has 1 heterocycles. The van der Waals surface area contributed by atoms with Crippen LogP contribution >= 0.6 is 0 Å². The third-order valence-corrected chi connectivity index (χ3v) is 3.68. The van der Waals surface area contributed by atoms with E-state index in [4.69, 9.17) is 0 Å². The molecule has 4 heteroatoms. The van der Waals surface area contributed by atoms with Crippen LogP contribution in [0.15, 0.2) is 42.7 Å². The third-order valence-electron chi connectivity index (χ3n) is 3.68. The van der Waals surface area contributed by atoms with Crippen molar-refractivity contribution in [3.8, 4) is 17.5 Å². The summed E-state index contributed by atoms with van der Waals surface area (Å²) in [5, 5.41) is 12.4. The monoisotopic (exact) mass is 268 g/mol. The summed E-state index contributed by atoms with van der Waals surface area (Å²) >= 11 is 0. The number of nitrogens with one attached hydrogen (secondary N) is 1. The summed E-state index contributed by atoms with van der Waals surface area (Å²) in [7, 11) is 1.82. The molecule has 4 nitrogen and oxygen atoms in total. The molecule has 2 aromatic rings. The van der Waals surface area contributed by atoms with Crippen molar-refractivity contribution in [2.75, 3.05) is 7.05 Å². The van der Waals surface area contributed by atoms with Crippen LogP contribution in [0.25, 0.3) is 11.4 Å². The summed E-state index contributed by atoms with van der Waals surface area (Å²) in [6.45, 7) is 4.03. The van der Waals surface area contributed by atoms with E-state index in [1.807, 2.05) is 56.7 Å². The molecule has 1 N–H and O–H groups in total. The molecule has 0 aliphatic carbocycles. The molecule has 2 rings (SSSR count). The number of benzene rings is 1. The van der Waals surface area contributed by atoms with E-state index >= 15 is 0 Å². The first-order valence-electron chi connectivity index (χ1n) is 6.78. The Morgan fingerprint density at radius 3 is 2.70 bits per heavy atom. The van der Waals surface area contributed by atoms with E-state index in [-0.39, 0.29) is 6.04 Å². The molecular weight excluding hydrogens is 248 g/mol. The summed E-state index contributed by atoms with van der Waals surface area (Å²) in [6.07, 6.45) is 4.50. The molecule has 2 atom stereocenters. The van der Waals surface area contributed by atoms with Gasteiger partial charge in [-0.15, -0.1) is 0 Å². The van der Waals surface area contributed by atoms with Gasteiger partial charge in [0.15, 0.2) is 0 Å². The van der Waals surface area contributed by atoms with Crippen molar-refractivity contribution in [2.45, 2.75) is 31.8 Å². The zero-order valence-electron chi connectivity index (χ0n) is 12.2. The maximum Gasteiger partial charge on any atom is 0.140 e. The minimum Gasteiger partial charge on any atom is -0.328 e. The van der Waals surface area contributed by atoms with Gasteiger partial charge in [-0.25, -0.2) is 4.98 Å². The van der Waals surface area contributed by atoms with Gasteiger partial charge in [-0.2, -0.15) is 5.26 Å². The van der Waals surface area contributed by atoms with Gasteiger partial charge in [-0.1, -0.05) is 30.3 Å². The van der Waals surface area contributed by atoms with Crippen molar-refractivity contribution in [3.63, 3.8) is 0 Å². The molecule has 1 aromatic heterocycles. The quantitative estimate of drug-likeness (QED) is 0.907. The van der Waals surface area contributed by atoms with Crippen LogP contribution in [0.4, 0.5) is 0 Å². The van der Waals surface area contributed by atoms with Crippen LogP contribution in [0.5, 0.6) is 0 Å². The molecule has 20 heavy (non-hydrogen) atoms. The Kier molecular flexibility index (Phi) is 4.21. The second-order valence-corrected chi connectivity index (χ2v) is 5.27. The van der Waals surface area contributed by atoms with Gasteiger partial charge in [-0.3, -0.25) is 0 Å². The van der Waals surface area contributed by atoms with Crippen LogP contribution in [0, 0.1) is 11.3 Å². The highest BCUT2D eigenvalue weighted by Gasteiger charge is 2.25. The molecule has 0 spiro atoms. The summed E-state index contributed by atoms with van der Waals surface area (Å²) in [5.41, 5.74) is 0.560. The zero-order chi connectivity index (χ0) is 14.6. The SMILES string of the molecule is CNC(C)(C#N)CC(C)n1ccnc1-c1ccccc1. The average Bonchev–Trinajstić information content (AvgIpc) is 2.97. The van der Waals surface area contributed by atoms with Crippen molar-refractivity contribution in [3.05, 3.63) is 42.7 Å². The van der Waals surface area contributed by atoms with Crippen LogP contribution in [0.1, 0.15) is 26.3 Å². The van der Waals surface area contributed by atoms with Crippen LogP contribution in [0.3, 0.4) is 0 Å². The molecule has 0 bridgehead atoms. The number of hydrogen-bond acceptors (Lipinski definition) is 3. The largest absolute Gasteiger partial charge is 0.328 e. The molecule has 0 saturated carbocycles. The number of aromatic nitrogens is 2. The molecule has 104 valence electrons. The Morgan fingerprint density at radius 1 is 1.40 bits per heavy atom. The minimum atomic E-state index is -0.530.